The van der Waals surface area contributed by atoms with Crippen molar-refractivity contribution in [3.8, 4) is 0 Å². The average Bonchev–Trinajstić information content (AvgIpc) is 3.27. The second-order valence-corrected chi connectivity index (χ2v) is 6.72. The van der Waals surface area contributed by atoms with E-state index in [1.54, 1.807) is 37.3 Å². The van der Waals surface area contributed by atoms with Gasteiger partial charge in [-0.05, 0) is 42.8 Å². The molecule has 0 saturated carbocycles. The molecule has 0 saturated heterocycles. The van der Waals surface area contributed by atoms with E-state index in [0.717, 1.165) is 11.3 Å². The lowest BCUT2D eigenvalue weighted by Crippen LogP contribution is -2.10. The highest BCUT2D eigenvalue weighted by Crippen LogP contribution is 2.30. The highest BCUT2D eigenvalue weighted by molar-refractivity contribution is 6.02. The number of nitro benzene ring substituents is 1. The Kier molecular flexibility index (Phi) is 5.13. The molecule has 2 aromatic heterocycles. The van der Waals surface area contributed by atoms with E-state index in [1.807, 2.05) is 24.3 Å². The number of para-hydroxylation sites is 1. The summed E-state index contributed by atoms with van der Waals surface area (Å²) in [6.07, 6.45) is 1.45. The van der Waals surface area contributed by atoms with Gasteiger partial charge in [0.1, 0.15) is 0 Å². The Labute approximate surface area is 171 Å². The van der Waals surface area contributed by atoms with Gasteiger partial charge >= 0.3 is 0 Å². The number of carbonyl (C=O) groups is 1. The summed E-state index contributed by atoms with van der Waals surface area (Å²) in [7, 11) is 0. The number of pyridine rings is 1. The van der Waals surface area contributed by atoms with E-state index in [-0.39, 0.29) is 17.4 Å². The Morgan fingerprint density at radius 1 is 1.13 bits per heavy atom. The maximum absolute atomic E-state index is 12.0. The normalized spacial score (nSPS) is 10.7. The fraction of sp³-hybridized carbons (Fsp3) is 0.0909. The second kappa shape index (κ2) is 8.04. The van der Waals surface area contributed by atoms with Crippen LogP contribution >= 0.6 is 0 Å². The number of hydrogen-bond acceptors (Lipinski definition) is 6. The molecule has 30 heavy (non-hydrogen) atoms. The first-order valence-corrected chi connectivity index (χ1v) is 9.24. The van der Waals surface area contributed by atoms with Crippen LogP contribution in [0, 0.1) is 17.0 Å². The molecule has 0 aliphatic carbocycles. The van der Waals surface area contributed by atoms with Crippen LogP contribution in [0.3, 0.4) is 0 Å². The summed E-state index contributed by atoms with van der Waals surface area (Å²) in [4.78, 5) is 27.3. The fourth-order valence-electron chi connectivity index (χ4n) is 3.16. The third-order valence-electron chi connectivity index (χ3n) is 4.58. The molecule has 2 aromatic carbocycles. The minimum Gasteiger partial charge on any atom is -0.459 e. The summed E-state index contributed by atoms with van der Waals surface area (Å²) >= 11 is 0. The standard InChI is InChI=1S/C22H18N4O4/c1-14-12-18(17-4-2-5-19(26(28)29)21(17)24-14)23-13-15-7-9-16(10-8-15)25-22(27)20-6-3-11-30-20/h2-12H,13H2,1H3,(H,23,24)(H,25,27). The zero-order valence-electron chi connectivity index (χ0n) is 16.1. The van der Waals surface area contributed by atoms with Gasteiger partial charge in [0.25, 0.3) is 11.6 Å². The third-order valence-corrected chi connectivity index (χ3v) is 4.58. The van der Waals surface area contributed by atoms with Gasteiger partial charge in [0.2, 0.25) is 0 Å². The van der Waals surface area contributed by atoms with Crippen LogP contribution in [-0.2, 0) is 6.54 Å². The topological polar surface area (TPSA) is 110 Å². The zero-order chi connectivity index (χ0) is 21.1. The molecule has 0 aliphatic rings. The number of aromatic nitrogens is 1. The third kappa shape index (κ3) is 3.97. The number of furan rings is 1. The number of anilines is 2. The molecule has 4 aromatic rings. The van der Waals surface area contributed by atoms with Gasteiger partial charge < -0.3 is 15.1 Å². The molecular weight excluding hydrogens is 384 g/mol. The smallest absolute Gasteiger partial charge is 0.295 e. The van der Waals surface area contributed by atoms with Crippen molar-refractivity contribution in [2.24, 2.45) is 0 Å². The van der Waals surface area contributed by atoms with Gasteiger partial charge in [0.15, 0.2) is 11.3 Å². The van der Waals surface area contributed by atoms with Crippen LogP contribution in [0.25, 0.3) is 10.9 Å². The summed E-state index contributed by atoms with van der Waals surface area (Å²) in [5, 5.41) is 18.1. The van der Waals surface area contributed by atoms with Gasteiger partial charge in [0.05, 0.1) is 11.2 Å². The molecule has 0 fully saturated rings. The number of aryl methyl sites for hydroxylation is 1. The van der Waals surface area contributed by atoms with Crippen molar-refractivity contribution in [2.45, 2.75) is 13.5 Å². The van der Waals surface area contributed by atoms with Crippen molar-refractivity contribution in [3.63, 3.8) is 0 Å². The molecule has 0 bridgehead atoms. The Balaban J connectivity index is 1.50. The minimum absolute atomic E-state index is 0.0177. The Bertz CT molecular complexity index is 1220. The van der Waals surface area contributed by atoms with Crippen molar-refractivity contribution in [1.29, 1.82) is 0 Å². The quantitative estimate of drug-likeness (QED) is 0.350. The van der Waals surface area contributed by atoms with Gasteiger partial charge in [0, 0.05) is 35.1 Å². The Morgan fingerprint density at radius 3 is 2.63 bits per heavy atom. The number of hydrogen-bond donors (Lipinski definition) is 2. The van der Waals surface area contributed by atoms with E-state index in [0.29, 0.717) is 28.8 Å². The highest BCUT2D eigenvalue weighted by atomic mass is 16.6. The number of carbonyl (C=O) groups excluding carboxylic acids is 1. The summed E-state index contributed by atoms with van der Waals surface area (Å²) < 4.78 is 5.08. The average molecular weight is 402 g/mol. The highest BCUT2D eigenvalue weighted by Gasteiger charge is 2.15. The second-order valence-electron chi connectivity index (χ2n) is 6.72. The molecule has 0 unspecified atom stereocenters. The van der Waals surface area contributed by atoms with Crippen molar-refractivity contribution in [1.82, 2.24) is 4.98 Å². The van der Waals surface area contributed by atoms with Crippen LogP contribution in [0.5, 0.6) is 0 Å². The number of rotatable bonds is 6. The first-order valence-electron chi connectivity index (χ1n) is 9.24. The van der Waals surface area contributed by atoms with Crippen LogP contribution in [0.15, 0.2) is 71.3 Å². The van der Waals surface area contributed by atoms with Gasteiger partial charge in [-0.1, -0.05) is 24.3 Å². The minimum atomic E-state index is -0.422. The van der Waals surface area contributed by atoms with Crippen LogP contribution in [0.1, 0.15) is 21.8 Å². The lowest BCUT2D eigenvalue weighted by Gasteiger charge is -2.11. The van der Waals surface area contributed by atoms with E-state index >= 15 is 0 Å². The first-order chi connectivity index (χ1) is 14.5. The number of fused-ring (bicyclic) bond motifs is 1. The lowest BCUT2D eigenvalue weighted by atomic mass is 10.1. The molecule has 0 radical (unpaired) electrons. The summed E-state index contributed by atoms with van der Waals surface area (Å²) in [6, 6.07) is 17.4. The number of nitrogens with zero attached hydrogens (tertiary/aromatic N) is 2. The maximum atomic E-state index is 12.0. The van der Waals surface area contributed by atoms with E-state index in [9.17, 15) is 14.9 Å². The molecule has 8 heteroatoms. The molecule has 8 nitrogen and oxygen atoms in total. The van der Waals surface area contributed by atoms with Crippen molar-refractivity contribution in [2.75, 3.05) is 10.6 Å². The van der Waals surface area contributed by atoms with E-state index in [2.05, 4.69) is 15.6 Å². The molecule has 2 N–H and O–H groups in total. The maximum Gasteiger partial charge on any atom is 0.295 e. The fourth-order valence-corrected chi connectivity index (χ4v) is 3.16. The summed E-state index contributed by atoms with van der Waals surface area (Å²) in [5.74, 6) is -0.0685. The van der Waals surface area contributed by atoms with Gasteiger partial charge in [-0.15, -0.1) is 0 Å². The summed E-state index contributed by atoms with van der Waals surface area (Å²) in [5.41, 5.74) is 3.45. The van der Waals surface area contributed by atoms with E-state index in [1.165, 1.54) is 12.3 Å². The van der Waals surface area contributed by atoms with Gasteiger partial charge in [-0.25, -0.2) is 4.98 Å². The number of nitrogens with one attached hydrogen (secondary N) is 2. The van der Waals surface area contributed by atoms with Gasteiger partial charge in [-0.3, -0.25) is 14.9 Å². The largest absolute Gasteiger partial charge is 0.459 e. The first kappa shape index (κ1) is 19.1. The van der Waals surface area contributed by atoms with Gasteiger partial charge in [-0.2, -0.15) is 0 Å². The number of nitro groups is 1. The van der Waals surface area contributed by atoms with E-state index in [4.69, 9.17) is 4.42 Å². The molecule has 0 atom stereocenters. The van der Waals surface area contributed by atoms with Crippen molar-refractivity contribution >= 4 is 33.9 Å². The lowest BCUT2D eigenvalue weighted by molar-refractivity contribution is -0.383. The Hall–Kier alpha value is -4.20. The molecule has 1 amide bonds. The van der Waals surface area contributed by atoms with Crippen LogP contribution < -0.4 is 10.6 Å². The molecule has 2 heterocycles. The predicted molar refractivity (Wildman–Crippen MR) is 114 cm³/mol. The summed E-state index contributed by atoms with van der Waals surface area (Å²) in [6.45, 7) is 2.31. The number of amides is 1. The van der Waals surface area contributed by atoms with Crippen LogP contribution in [0.2, 0.25) is 0 Å². The van der Waals surface area contributed by atoms with Crippen LogP contribution in [-0.4, -0.2) is 15.8 Å². The van der Waals surface area contributed by atoms with Crippen LogP contribution in [0.4, 0.5) is 17.1 Å². The van der Waals surface area contributed by atoms with Crippen molar-refractivity contribution in [3.05, 3.63) is 94.1 Å². The van der Waals surface area contributed by atoms with Crippen molar-refractivity contribution < 1.29 is 14.1 Å². The monoisotopic (exact) mass is 402 g/mol. The molecule has 4 rings (SSSR count). The molecular formula is C22H18N4O4. The number of non-ortho nitro benzene ring substituents is 1. The number of benzene rings is 2. The Morgan fingerprint density at radius 2 is 1.93 bits per heavy atom. The predicted octanol–water partition coefficient (Wildman–Crippen LogP) is 4.91. The molecule has 0 spiro atoms. The zero-order valence-corrected chi connectivity index (χ0v) is 16.1. The van der Waals surface area contributed by atoms with E-state index < -0.39 is 4.92 Å². The molecule has 0 aliphatic heterocycles. The molecule has 150 valence electrons. The SMILES string of the molecule is Cc1cc(NCc2ccc(NC(=O)c3ccco3)cc2)c2cccc([N+](=O)[O-])c2n1.